The molecule has 1 amide bonds. The number of phenols is 2. The number of methoxy groups -OCH3 is 2. The number of allylic oxidation sites excluding steroid dienone is 2. The Hall–Kier alpha value is -3.69. The molecule has 11 nitrogen and oxygen atoms in total. The van der Waals surface area contributed by atoms with Crippen molar-refractivity contribution in [2.24, 2.45) is 16.8 Å². The topological polar surface area (TPSA) is 157 Å². The number of aliphatic hydroxyl groups is 1. The molecule has 0 aromatic heterocycles. The quantitative estimate of drug-likeness (QED) is 0.113. The lowest BCUT2D eigenvalue weighted by Crippen LogP contribution is -2.35. The molecule has 44 heavy (non-hydrogen) atoms. The molecule has 0 spiro atoms. The van der Waals surface area contributed by atoms with E-state index in [-0.39, 0.29) is 41.1 Å². The van der Waals surface area contributed by atoms with Crippen molar-refractivity contribution in [1.82, 2.24) is 4.90 Å². The highest BCUT2D eigenvalue weighted by Crippen LogP contribution is 2.44. The highest BCUT2D eigenvalue weighted by Gasteiger charge is 2.29. The van der Waals surface area contributed by atoms with Crippen LogP contribution in [0.2, 0.25) is 0 Å². The van der Waals surface area contributed by atoms with Gasteiger partial charge in [-0.15, -0.1) is 0 Å². The molecule has 1 heterocycles. The van der Waals surface area contributed by atoms with Crippen LogP contribution in [0.5, 0.6) is 11.5 Å². The molecule has 4 N–H and O–H groups in total. The Balaban J connectivity index is 2.65. The monoisotopic (exact) mass is 612 g/mol. The molecule has 0 saturated carbocycles. The fourth-order valence-electron chi connectivity index (χ4n) is 5.14. The summed E-state index contributed by atoms with van der Waals surface area (Å²) in [6, 6.07) is 1.29. The van der Waals surface area contributed by atoms with Crippen molar-refractivity contribution in [2.75, 3.05) is 40.2 Å². The van der Waals surface area contributed by atoms with E-state index < -0.39 is 30.3 Å². The van der Waals surface area contributed by atoms with Gasteiger partial charge in [0.15, 0.2) is 6.10 Å². The highest BCUT2D eigenvalue weighted by molar-refractivity contribution is 6.04. The van der Waals surface area contributed by atoms with Gasteiger partial charge in [-0.2, -0.15) is 5.26 Å². The molecule has 1 unspecified atom stereocenters. The van der Waals surface area contributed by atoms with Gasteiger partial charge in [-0.05, 0) is 58.7 Å². The summed E-state index contributed by atoms with van der Waals surface area (Å²) >= 11 is 0. The summed E-state index contributed by atoms with van der Waals surface area (Å²) in [5.41, 5.74) is 1.65. The maximum absolute atomic E-state index is 13.1. The van der Waals surface area contributed by atoms with Gasteiger partial charge in [0, 0.05) is 50.1 Å². The molecule has 0 aliphatic carbocycles. The molecule has 11 heteroatoms. The van der Waals surface area contributed by atoms with E-state index in [1.165, 1.54) is 20.3 Å². The standard InChI is InChI=1S/C33H48N4O7/c1-20-15-24-29(35-13-10-14-37(5)6)26(38)18-25(31(24)40)36-33(41)21(2)11-9-12-27(42-7)32(44-19-34)23(4)17-22(3)30(39)28(16-20)43-8/h9,11-13,17-18,20,22,27-28,30,32,38-40H,10,14-16H2,1-8H3,(H,36,41)/t20-,22-,27+,28-,30+,32?/m1/s1. The van der Waals surface area contributed by atoms with Gasteiger partial charge in [-0.1, -0.05) is 38.2 Å². The summed E-state index contributed by atoms with van der Waals surface area (Å²) in [6.45, 7) is 7.97. The van der Waals surface area contributed by atoms with E-state index in [0.29, 0.717) is 29.6 Å². The highest BCUT2D eigenvalue weighted by atomic mass is 16.5. The predicted octanol–water partition coefficient (Wildman–Crippen LogP) is 4.61. The number of nitriles is 1. The number of anilines is 1. The van der Waals surface area contributed by atoms with Crippen LogP contribution in [-0.4, -0.2) is 91.6 Å². The van der Waals surface area contributed by atoms with Crippen LogP contribution in [0.15, 0.2) is 46.5 Å². The largest absolute Gasteiger partial charge is 0.506 e. The number of ether oxygens (including phenoxy) is 3. The Kier molecular flexibility index (Phi) is 14.6. The third-order valence-electron chi connectivity index (χ3n) is 7.66. The fourth-order valence-corrected chi connectivity index (χ4v) is 5.14. The summed E-state index contributed by atoms with van der Waals surface area (Å²) in [7, 11) is 6.91. The van der Waals surface area contributed by atoms with Crippen LogP contribution >= 0.6 is 0 Å². The number of aliphatic imine (C=N–C) groups is 1. The predicted molar refractivity (Wildman–Crippen MR) is 171 cm³/mol. The minimum Gasteiger partial charge on any atom is -0.506 e. The van der Waals surface area contributed by atoms with Crippen molar-refractivity contribution >= 4 is 23.5 Å². The average molecular weight is 613 g/mol. The number of benzene rings is 1. The first kappa shape index (κ1) is 36.5. The molecule has 1 aliphatic rings. The lowest BCUT2D eigenvalue weighted by molar-refractivity contribution is -0.112. The Labute approximate surface area is 261 Å². The number of hydrogen-bond donors (Lipinski definition) is 4. The van der Waals surface area contributed by atoms with Crippen LogP contribution in [0.3, 0.4) is 0 Å². The van der Waals surface area contributed by atoms with Gasteiger partial charge in [-0.25, -0.2) is 0 Å². The van der Waals surface area contributed by atoms with Gasteiger partial charge >= 0.3 is 0 Å². The second kappa shape index (κ2) is 17.6. The Morgan fingerprint density at radius 1 is 1.20 bits per heavy atom. The van der Waals surface area contributed by atoms with E-state index in [4.69, 9.17) is 14.2 Å². The van der Waals surface area contributed by atoms with Crippen molar-refractivity contribution < 1.29 is 34.3 Å². The summed E-state index contributed by atoms with van der Waals surface area (Å²) < 4.78 is 16.6. The molecular weight excluding hydrogens is 564 g/mol. The minimum absolute atomic E-state index is 0.0469. The molecule has 1 aromatic rings. The first-order valence-corrected chi connectivity index (χ1v) is 14.7. The van der Waals surface area contributed by atoms with E-state index in [1.54, 1.807) is 44.5 Å². The molecule has 1 aliphatic heterocycles. The maximum Gasteiger partial charge on any atom is 0.287 e. The zero-order valence-corrected chi connectivity index (χ0v) is 27.1. The normalized spacial score (nSPS) is 25.8. The van der Waals surface area contributed by atoms with Crippen molar-refractivity contribution in [3.8, 4) is 17.8 Å². The summed E-state index contributed by atoms with van der Waals surface area (Å²) in [6.07, 6.45) is 8.53. The van der Waals surface area contributed by atoms with Crippen molar-refractivity contribution in [3.05, 3.63) is 47.1 Å². The van der Waals surface area contributed by atoms with Crippen molar-refractivity contribution in [2.45, 2.75) is 71.4 Å². The molecule has 242 valence electrons. The fraction of sp³-hybridized carbons (Fsp3) is 0.545. The van der Waals surface area contributed by atoms with Crippen molar-refractivity contribution in [1.29, 1.82) is 5.26 Å². The molecule has 6 atom stereocenters. The molecule has 0 saturated heterocycles. The van der Waals surface area contributed by atoms with Crippen molar-refractivity contribution in [3.63, 3.8) is 0 Å². The first-order chi connectivity index (χ1) is 20.8. The van der Waals surface area contributed by atoms with E-state index in [1.807, 2.05) is 38.9 Å². The van der Waals surface area contributed by atoms with Gasteiger partial charge in [0.25, 0.3) is 12.2 Å². The van der Waals surface area contributed by atoms with Crippen LogP contribution < -0.4 is 5.32 Å². The van der Waals surface area contributed by atoms with Gasteiger partial charge in [0.1, 0.15) is 23.3 Å². The maximum atomic E-state index is 13.1. The number of amides is 1. The number of nitrogens with one attached hydrogen (secondary N) is 1. The minimum atomic E-state index is -0.902. The Morgan fingerprint density at radius 2 is 1.91 bits per heavy atom. The van der Waals surface area contributed by atoms with Crippen LogP contribution in [0.1, 0.15) is 46.1 Å². The molecule has 0 radical (unpaired) electrons. The number of carbonyl (C=O) groups excluding carboxylic acids is 1. The Morgan fingerprint density at radius 3 is 2.52 bits per heavy atom. The SMILES string of the molecule is CO[C@H]1C=CC=C(C)C(=O)Nc2cc(O)c(N=CCCN(C)C)c(c2O)C[C@@H](C)C[C@@H](OC)[C@@H](O)[C@H](C)C=C(C)C1OC#N. The number of hydrogen-bond acceptors (Lipinski definition) is 10. The molecule has 2 rings (SSSR count). The first-order valence-electron chi connectivity index (χ1n) is 14.7. The second-order valence-electron chi connectivity index (χ2n) is 11.6. The number of fused-ring (bicyclic) bond motifs is 2. The lowest BCUT2D eigenvalue weighted by Gasteiger charge is -2.29. The number of phenolic OH excluding ortho intramolecular Hbond substituents is 2. The Bertz CT molecular complexity index is 1280. The molecule has 2 bridgehead atoms. The van der Waals surface area contributed by atoms with E-state index in [2.05, 4.69) is 10.3 Å². The average Bonchev–Trinajstić information content (AvgIpc) is 2.97. The van der Waals surface area contributed by atoms with Gasteiger partial charge in [0.2, 0.25) is 0 Å². The van der Waals surface area contributed by atoms with Crippen LogP contribution in [-0.2, 0) is 25.4 Å². The van der Waals surface area contributed by atoms with E-state index >= 15 is 0 Å². The third kappa shape index (κ3) is 10.2. The molecular formula is C33H48N4O7. The van der Waals surface area contributed by atoms with E-state index in [9.17, 15) is 25.4 Å². The third-order valence-corrected chi connectivity index (χ3v) is 7.66. The number of nitrogens with zero attached hydrogens (tertiary/aromatic N) is 3. The van der Waals surface area contributed by atoms with Crippen LogP contribution in [0.25, 0.3) is 0 Å². The molecule has 0 fully saturated rings. The lowest BCUT2D eigenvalue weighted by atomic mass is 9.87. The smallest absolute Gasteiger partial charge is 0.287 e. The number of aromatic hydroxyl groups is 2. The summed E-state index contributed by atoms with van der Waals surface area (Å²) in [4.78, 5) is 19.6. The zero-order valence-electron chi connectivity index (χ0n) is 27.1. The van der Waals surface area contributed by atoms with Gasteiger partial charge < -0.3 is 39.7 Å². The summed E-state index contributed by atoms with van der Waals surface area (Å²) in [5.74, 6) is -1.38. The van der Waals surface area contributed by atoms with Gasteiger partial charge in [0.05, 0.1) is 17.9 Å². The number of aliphatic hydroxyl groups excluding tert-OH is 1. The molecule has 1 aromatic carbocycles. The number of carbonyl (C=O) groups is 1. The van der Waals surface area contributed by atoms with Crippen LogP contribution in [0.4, 0.5) is 11.4 Å². The number of rotatable bonds is 7. The van der Waals surface area contributed by atoms with Crippen LogP contribution in [0, 0.1) is 23.4 Å². The van der Waals surface area contributed by atoms with E-state index in [0.717, 1.165) is 6.54 Å². The second-order valence-corrected chi connectivity index (χ2v) is 11.6. The zero-order chi connectivity index (χ0) is 33.0. The summed E-state index contributed by atoms with van der Waals surface area (Å²) in [5, 5.41) is 45.6. The van der Waals surface area contributed by atoms with Gasteiger partial charge in [-0.3, -0.25) is 9.79 Å².